The van der Waals surface area contributed by atoms with E-state index in [4.69, 9.17) is 28.5 Å². The molecule has 0 bridgehead atoms. The normalized spacial score (nSPS) is 9.13. The minimum Gasteiger partial charge on any atom is -0.258 e. The molecule has 0 spiro atoms. The zero-order valence-electron chi connectivity index (χ0n) is 7.28. The Kier molecular flexibility index (Phi) is 3.67. The van der Waals surface area contributed by atoms with Crippen molar-refractivity contribution in [1.82, 2.24) is 0 Å². The van der Waals surface area contributed by atoms with Crippen molar-refractivity contribution < 1.29 is 4.92 Å². The number of benzene rings is 1. The number of hydrogen-bond donors (Lipinski definition) is 0. The van der Waals surface area contributed by atoms with Crippen LogP contribution in [0.4, 0.5) is 5.69 Å². The Morgan fingerprint density at radius 2 is 1.87 bits per heavy atom. The SMILES string of the molecule is N#CC(=C(Cl)Cl)c1ccc([N+](=O)[O-])cc1. The first-order chi connectivity index (χ1) is 7.06. The molecular weight excluding hydrogens is 239 g/mol. The Balaban J connectivity index is 3.16. The van der Waals surface area contributed by atoms with Gasteiger partial charge in [0.1, 0.15) is 10.6 Å². The lowest BCUT2D eigenvalue weighted by Crippen LogP contribution is -1.88. The number of nitro groups is 1. The van der Waals surface area contributed by atoms with Crippen LogP contribution in [-0.4, -0.2) is 4.92 Å². The molecule has 76 valence electrons. The zero-order valence-corrected chi connectivity index (χ0v) is 8.79. The maximum absolute atomic E-state index is 10.4. The molecule has 0 aliphatic heterocycles. The molecule has 0 saturated carbocycles. The van der Waals surface area contributed by atoms with Crippen LogP contribution in [0.3, 0.4) is 0 Å². The molecule has 0 aliphatic rings. The van der Waals surface area contributed by atoms with Gasteiger partial charge in [-0.15, -0.1) is 0 Å². The number of nitriles is 1. The van der Waals surface area contributed by atoms with Crippen molar-refractivity contribution in [2.24, 2.45) is 0 Å². The highest BCUT2D eigenvalue weighted by Crippen LogP contribution is 2.25. The summed E-state index contributed by atoms with van der Waals surface area (Å²) in [5.41, 5.74) is 0.484. The van der Waals surface area contributed by atoms with E-state index >= 15 is 0 Å². The summed E-state index contributed by atoms with van der Waals surface area (Å²) in [7, 11) is 0. The second kappa shape index (κ2) is 4.78. The van der Waals surface area contributed by atoms with Crippen molar-refractivity contribution >= 4 is 34.5 Å². The highest BCUT2D eigenvalue weighted by molar-refractivity contribution is 6.58. The minimum atomic E-state index is -0.526. The lowest BCUT2D eigenvalue weighted by molar-refractivity contribution is -0.384. The van der Waals surface area contributed by atoms with Gasteiger partial charge in [-0.25, -0.2) is 0 Å². The van der Waals surface area contributed by atoms with E-state index in [1.54, 1.807) is 0 Å². The number of non-ortho nitro benzene ring substituents is 1. The van der Waals surface area contributed by atoms with Gasteiger partial charge in [0.15, 0.2) is 0 Å². The van der Waals surface area contributed by atoms with Crippen molar-refractivity contribution in [3.63, 3.8) is 0 Å². The van der Waals surface area contributed by atoms with Gasteiger partial charge in [0.2, 0.25) is 0 Å². The molecule has 1 aromatic carbocycles. The predicted molar refractivity (Wildman–Crippen MR) is 57.3 cm³/mol. The molecule has 4 nitrogen and oxygen atoms in total. The summed E-state index contributed by atoms with van der Waals surface area (Å²) in [5.74, 6) is 0. The lowest BCUT2D eigenvalue weighted by Gasteiger charge is -1.98. The number of hydrogen-bond acceptors (Lipinski definition) is 3. The van der Waals surface area contributed by atoms with Crippen LogP contribution >= 0.6 is 23.2 Å². The van der Waals surface area contributed by atoms with E-state index in [9.17, 15) is 10.1 Å². The van der Waals surface area contributed by atoms with E-state index in [1.807, 2.05) is 6.07 Å². The highest BCUT2D eigenvalue weighted by Gasteiger charge is 2.08. The first kappa shape index (κ1) is 11.5. The molecule has 1 aromatic rings. The third-order valence-electron chi connectivity index (χ3n) is 1.67. The van der Waals surface area contributed by atoms with Gasteiger partial charge < -0.3 is 0 Å². The maximum Gasteiger partial charge on any atom is 0.269 e. The second-order valence-electron chi connectivity index (χ2n) is 2.55. The van der Waals surface area contributed by atoms with Crippen LogP contribution in [0.15, 0.2) is 28.8 Å². The van der Waals surface area contributed by atoms with Crippen LogP contribution in [0.1, 0.15) is 5.56 Å². The summed E-state index contributed by atoms with van der Waals surface area (Å²) < 4.78 is -0.161. The van der Waals surface area contributed by atoms with Gasteiger partial charge in [-0.2, -0.15) is 5.26 Å². The summed E-state index contributed by atoms with van der Waals surface area (Å²) in [6.07, 6.45) is 0. The number of allylic oxidation sites excluding steroid dienone is 1. The topological polar surface area (TPSA) is 66.9 Å². The van der Waals surface area contributed by atoms with Crippen LogP contribution in [0.2, 0.25) is 0 Å². The molecule has 0 saturated heterocycles. The predicted octanol–water partition coefficient (Wildman–Crippen LogP) is 3.26. The standard InChI is InChI=1S/C9H4Cl2N2O2/c10-9(11)8(5-12)6-1-3-7(4-2-6)13(14)15/h1-4H. The zero-order chi connectivity index (χ0) is 11.4. The Morgan fingerprint density at radius 1 is 1.33 bits per heavy atom. The molecule has 0 aliphatic carbocycles. The molecule has 0 N–H and O–H groups in total. The molecule has 0 unspecified atom stereocenters. The Morgan fingerprint density at radius 3 is 2.20 bits per heavy atom. The molecule has 0 amide bonds. The average molecular weight is 243 g/mol. The first-order valence-corrected chi connectivity index (χ1v) is 4.52. The van der Waals surface area contributed by atoms with Crippen LogP contribution < -0.4 is 0 Å². The van der Waals surface area contributed by atoms with Crippen LogP contribution in [0.5, 0.6) is 0 Å². The van der Waals surface area contributed by atoms with Crippen LogP contribution in [-0.2, 0) is 0 Å². The van der Waals surface area contributed by atoms with Crippen molar-refractivity contribution in [3.05, 3.63) is 44.4 Å². The van der Waals surface area contributed by atoms with Gasteiger partial charge in [0, 0.05) is 12.1 Å². The second-order valence-corrected chi connectivity index (χ2v) is 3.50. The van der Waals surface area contributed by atoms with Gasteiger partial charge in [-0.1, -0.05) is 23.2 Å². The van der Waals surface area contributed by atoms with E-state index in [0.717, 1.165) is 0 Å². The van der Waals surface area contributed by atoms with Crippen LogP contribution in [0, 0.1) is 21.4 Å². The fraction of sp³-hybridized carbons (Fsp3) is 0. The highest BCUT2D eigenvalue weighted by atomic mass is 35.5. The monoisotopic (exact) mass is 242 g/mol. The van der Waals surface area contributed by atoms with E-state index < -0.39 is 4.92 Å². The summed E-state index contributed by atoms with van der Waals surface area (Å²) in [4.78, 5) is 9.84. The van der Waals surface area contributed by atoms with E-state index in [2.05, 4.69) is 0 Å². The summed E-state index contributed by atoms with van der Waals surface area (Å²) in [6.45, 7) is 0. The van der Waals surface area contributed by atoms with Gasteiger partial charge in [-0.3, -0.25) is 10.1 Å². The fourth-order valence-corrected chi connectivity index (χ4v) is 1.27. The third-order valence-corrected chi connectivity index (χ3v) is 2.05. The van der Waals surface area contributed by atoms with Crippen molar-refractivity contribution in [2.75, 3.05) is 0 Å². The maximum atomic E-state index is 10.4. The number of nitrogens with zero attached hydrogens (tertiary/aromatic N) is 2. The van der Waals surface area contributed by atoms with Crippen LogP contribution in [0.25, 0.3) is 5.57 Å². The summed E-state index contributed by atoms with van der Waals surface area (Å²) in [6, 6.07) is 7.21. The van der Waals surface area contributed by atoms with E-state index in [1.165, 1.54) is 24.3 Å². The Hall–Kier alpha value is -1.57. The van der Waals surface area contributed by atoms with E-state index in [0.29, 0.717) is 5.56 Å². The van der Waals surface area contributed by atoms with Gasteiger partial charge in [-0.05, 0) is 17.7 Å². The molecule has 0 atom stereocenters. The molecule has 15 heavy (non-hydrogen) atoms. The molecule has 0 heterocycles. The smallest absolute Gasteiger partial charge is 0.258 e. The van der Waals surface area contributed by atoms with E-state index in [-0.39, 0.29) is 15.8 Å². The Bertz CT molecular complexity index is 456. The molecule has 0 fully saturated rings. The minimum absolute atomic E-state index is 0.0539. The first-order valence-electron chi connectivity index (χ1n) is 3.76. The lowest BCUT2D eigenvalue weighted by atomic mass is 10.1. The molecule has 0 radical (unpaired) electrons. The van der Waals surface area contributed by atoms with Crippen molar-refractivity contribution in [3.8, 4) is 6.07 Å². The number of halogens is 2. The molecular formula is C9H4Cl2N2O2. The van der Waals surface area contributed by atoms with Crippen molar-refractivity contribution in [2.45, 2.75) is 0 Å². The molecule has 6 heteroatoms. The quantitative estimate of drug-likeness (QED) is 0.454. The fourth-order valence-electron chi connectivity index (χ4n) is 0.966. The van der Waals surface area contributed by atoms with Gasteiger partial charge in [0.25, 0.3) is 5.69 Å². The van der Waals surface area contributed by atoms with Gasteiger partial charge >= 0.3 is 0 Å². The molecule has 1 rings (SSSR count). The van der Waals surface area contributed by atoms with Crippen molar-refractivity contribution in [1.29, 1.82) is 5.26 Å². The largest absolute Gasteiger partial charge is 0.269 e. The average Bonchev–Trinajstić information content (AvgIpc) is 2.19. The summed E-state index contributed by atoms with van der Waals surface area (Å²) >= 11 is 10.9. The number of rotatable bonds is 2. The Labute approximate surface area is 95.5 Å². The number of nitro benzene ring substituents is 1. The summed E-state index contributed by atoms with van der Waals surface area (Å²) in [5, 5.41) is 19.1. The molecule has 0 aromatic heterocycles. The third kappa shape index (κ3) is 2.69. The van der Waals surface area contributed by atoms with Gasteiger partial charge in [0.05, 0.1) is 10.5 Å².